The van der Waals surface area contributed by atoms with E-state index in [0.717, 1.165) is 33.7 Å². The zero-order valence-electron chi connectivity index (χ0n) is 16.1. The highest BCUT2D eigenvalue weighted by Crippen LogP contribution is 2.26. The quantitative estimate of drug-likeness (QED) is 0.559. The van der Waals surface area contributed by atoms with E-state index in [2.05, 4.69) is 10.6 Å². The Morgan fingerprint density at radius 2 is 1.66 bits per heavy atom. The van der Waals surface area contributed by atoms with Crippen LogP contribution >= 0.6 is 0 Å². The van der Waals surface area contributed by atoms with Crippen molar-refractivity contribution in [1.82, 2.24) is 14.9 Å². The molecule has 0 unspecified atom stereocenters. The van der Waals surface area contributed by atoms with Gasteiger partial charge in [-0.05, 0) is 48.5 Å². The molecule has 0 radical (unpaired) electrons. The first-order valence-corrected chi connectivity index (χ1v) is 9.24. The molecule has 29 heavy (non-hydrogen) atoms. The molecule has 0 saturated heterocycles. The van der Waals surface area contributed by atoms with Crippen LogP contribution in [-0.2, 0) is 4.79 Å². The Bertz CT molecular complexity index is 1230. The largest absolute Gasteiger partial charge is 0.355 e. The molecular formula is C23H20N4O2. The fourth-order valence-electron chi connectivity index (χ4n) is 3.28. The van der Waals surface area contributed by atoms with Gasteiger partial charge in [0.15, 0.2) is 0 Å². The van der Waals surface area contributed by atoms with Gasteiger partial charge in [-0.25, -0.2) is 4.52 Å². The summed E-state index contributed by atoms with van der Waals surface area (Å²) in [5.74, 6) is -0.247. The number of nitrogens with zero attached hydrogens (tertiary/aromatic N) is 2. The molecular weight excluding hydrogens is 364 g/mol. The second-order valence-corrected chi connectivity index (χ2v) is 6.70. The molecule has 144 valence electrons. The van der Waals surface area contributed by atoms with E-state index in [1.54, 1.807) is 13.1 Å². The minimum atomic E-state index is -0.135. The van der Waals surface area contributed by atoms with Gasteiger partial charge in [0, 0.05) is 36.3 Å². The van der Waals surface area contributed by atoms with Crippen LogP contribution in [-0.4, -0.2) is 28.5 Å². The predicted octanol–water partition coefficient (Wildman–Crippen LogP) is 3.99. The molecule has 4 aromatic rings. The van der Waals surface area contributed by atoms with Gasteiger partial charge in [0.05, 0.1) is 16.9 Å². The number of hydrogen-bond donors (Lipinski definition) is 2. The average molecular weight is 384 g/mol. The molecule has 0 atom stereocenters. The Morgan fingerprint density at radius 3 is 2.45 bits per heavy atom. The third kappa shape index (κ3) is 3.73. The van der Waals surface area contributed by atoms with Crippen LogP contribution < -0.4 is 10.6 Å². The lowest BCUT2D eigenvalue weighted by atomic mass is 10.1. The highest BCUT2D eigenvalue weighted by atomic mass is 16.2. The van der Waals surface area contributed by atoms with Crippen molar-refractivity contribution in [2.75, 3.05) is 12.4 Å². The molecule has 4 rings (SSSR count). The zero-order valence-corrected chi connectivity index (χ0v) is 16.1. The minimum absolute atomic E-state index is 0.112. The van der Waals surface area contributed by atoms with Crippen molar-refractivity contribution >= 4 is 23.0 Å². The van der Waals surface area contributed by atoms with Crippen molar-refractivity contribution in [2.24, 2.45) is 0 Å². The van der Waals surface area contributed by atoms with Crippen LogP contribution in [0.1, 0.15) is 17.3 Å². The maximum atomic E-state index is 11.9. The summed E-state index contributed by atoms with van der Waals surface area (Å²) in [7, 11) is 1.61. The van der Waals surface area contributed by atoms with Crippen LogP contribution in [0.3, 0.4) is 0 Å². The first-order chi connectivity index (χ1) is 14.0. The monoisotopic (exact) mass is 384 g/mol. The number of aromatic nitrogens is 2. The highest BCUT2D eigenvalue weighted by Gasteiger charge is 2.10. The summed E-state index contributed by atoms with van der Waals surface area (Å²) in [6.07, 6.45) is 0. The molecule has 2 aromatic carbocycles. The number of nitrogens with one attached hydrogen (secondary N) is 2. The fraction of sp³-hybridized carbons (Fsp3) is 0.0870. The van der Waals surface area contributed by atoms with Crippen molar-refractivity contribution in [1.29, 1.82) is 0 Å². The summed E-state index contributed by atoms with van der Waals surface area (Å²) in [6.45, 7) is 1.49. The van der Waals surface area contributed by atoms with Gasteiger partial charge < -0.3 is 10.6 Å². The smallest absolute Gasteiger partial charge is 0.251 e. The summed E-state index contributed by atoms with van der Waals surface area (Å²) in [5, 5.41) is 10.2. The third-order valence-electron chi connectivity index (χ3n) is 4.63. The Kier molecular flexibility index (Phi) is 4.83. The number of amides is 2. The first kappa shape index (κ1) is 18.4. The summed E-state index contributed by atoms with van der Waals surface area (Å²) in [4.78, 5) is 23.3. The molecule has 6 nitrogen and oxygen atoms in total. The standard InChI is InChI=1S/C23H20N4O2/c1-15(28)25-19-8-4-6-17(14-19)22-12-10-20-9-11-21(26-27(20)22)16-5-3-7-18(13-16)23(29)24-2/h3-14H,1-2H3,(H,24,29)(H,25,28). The van der Waals surface area contributed by atoms with Crippen LogP contribution in [0.2, 0.25) is 0 Å². The highest BCUT2D eigenvalue weighted by molar-refractivity contribution is 5.95. The predicted molar refractivity (Wildman–Crippen MR) is 114 cm³/mol. The number of benzene rings is 2. The molecule has 0 fully saturated rings. The number of carbonyl (C=O) groups is 2. The normalized spacial score (nSPS) is 10.7. The maximum absolute atomic E-state index is 11.9. The summed E-state index contributed by atoms with van der Waals surface area (Å²) in [5.41, 5.74) is 5.76. The van der Waals surface area contributed by atoms with E-state index in [1.165, 1.54) is 6.92 Å². The Hall–Kier alpha value is -3.93. The van der Waals surface area contributed by atoms with E-state index in [9.17, 15) is 9.59 Å². The van der Waals surface area contributed by atoms with Gasteiger partial charge in [0.2, 0.25) is 5.91 Å². The van der Waals surface area contributed by atoms with Crippen molar-refractivity contribution in [3.63, 3.8) is 0 Å². The molecule has 0 spiro atoms. The van der Waals surface area contributed by atoms with E-state index in [0.29, 0.717) is 5.56 Å². The van der Waals surface area contributed by atoms with Gasteiger partial charge in [0.1, 0.15) is 0 Å². The average Bonchev–Trinajstić information content (AvgIpc) is 3.16. The topological polar surface area (TPSA) is 75.5 Å². The van der Waals surface area contributed by atoms with E-state index < -0.39 is 0 Å². The van der Waals surface area contributed by atoms with E-state index in [4.69, 9.17) is 5.10 Å². The SMILES string of the molecule is CNC(=O)c1cccc(-c2ccc3ccc(-c4cccc(NC(C)=O)c4)n3n2)c1. The first-order valence-electron chi connectivity index (χ1n) is 9.24. The van der Waals surface area contributed by atoms with E-state index >= 15 is 0 Å². The second kappa shape index (κ2) is 7.59. The van der Waals surface area contributed by atoms with Gasteiger partial charge in [-0.2, -0.15) is 5.10 Å². The van der Waals surface area contributed by atoms with Crippen molar-refractivity contribution < 1.29 is 9.59 Å². The summed E-state index contributed by atoms with van der Waals surface area (Å²) < 4.78 is 1.87. The Labute approximate surface area is 168 Å². The van der Waals surface area contributed by atoms with Crippen LogP contribution in [0, 0.1) is 0 Å². The van der Waals surface area contributed by atoms with Gasteiger partial charge in [-0.1, -0.05) is 24.3 Å². The molecule has 0 aliphatic heterocycles. The maximum Gasteiger partial charge on any atom is 0.251 e. The molecule has 2 heterocycles. The minimum Gasteiger partial charge on any atom is -0.355 e. The van der Waals surface area contributed by atoms with Crippen molar-refractivity contribution in [2.45, 2.75) is 6.92 Å². The number of rotatable bonds is 4. The van der Waals surface area contributed by atoms with Crippen LogP contribution in [0.4, 0.5) is 5.69 Å². The molecule has 2 N–H and O–H groups in total. The van der Waals surface area contributed by atoms with Gasteiger partial charge in [0.25, 0.3) is 5.91 Å². The number of fused-ring (bicyclic) bond motifs is 1. The van der Waals surface area contributed by atoms with E-state index in [-0.39, 0.29) is 11.8 Å². The number of carbonyl (C=O) groups excluding carboxylic acids is 2. The third-order valence-corrected chi connectivity index (χ3v) is 4.63. The molecule has 2 amide bonds. The lowest BCUT2D eigenvalue weighted by Crippen LogP contribution is -2.17. The van der Waals surface area contributed by atoms with Crippen LogP contribution in [0.15, 0.2) is 72.8 Å². The Morgan fingerprint density at radius 1 is 0.897 bits per heavy atom. The zero-order chi connectivity index (χ0) is 20.4. The fourth-order valence-corrected chi connectivity index (χ4v) is 3.28. The van der Waals surface area contributed by atoms with Crippen molar-refractivity contribution in [3.05, 3.63) is 78.4 Å². The van der Waals surface area contributed by atoms with Gasteiger partial charge >= 0.3 is 0 Å². The molecule has 6 heteroatoms. The van der Waals surface area contributed by atoms with Gasteiger partial charge in [-0.15, -0.1) is 0 Å². The Balaban J connectivity index is 1.78. The number of hydrogen-bond acceptors (Lipinski definition) is 3. The van der Waals surface area contributed by atoms with Crippen molar-refractivity contribution in [3.8, 4) is 22.5 Å². The molecule has 0 saturated carbocycles. The van der Waals surface area contributed by atoms with Gasteiger partial charge in [-0.3, -0.25) is 9.59 Å². The molecule has 0 aliphatic carbocycles. The lowest BCUT2D eigenvalue weighted by Gasteiger charge is -2.08. The second-order valence-electron chi connectivity index (χ2n) is 6.70. The molecule has 2 aromatic heterocycles. The number of anilines is 1. The molecule has 0 aliphatic rings. The molecule has 0 bridgehead atoms. The summed E-state index contributed by atoms with van der Waals surface area (Å²) >= 11 is 0. The summed E-state index contributed by atoms with van der Waals surface area (Å²) in [6, 6.07) is 23.0. The lowest BCUT2D eigenvalue weighted by molar-refractivity contribution is -0.114. The van der Waals surface area contributed by atoms with E-state index in [1.807, 2.05) is 71.2 Å². The van der Waals surface area contributed by atoms with Crippen LogP contribution in [0.5, 0.6) is 0 Å². The van der Waals surface area contributed by atoms with Crippen LogP contribution in [0.25, 0.3) is 28.0 Å².